The number of carbonyl (C=O) groups excluding carboxylic acids is 1. The lowest BCUT2D eigenvalue weighted by Gasteiger charge is -2.09. The summed E-state index contributed by atoms with van der Waals surface area (Å²) in [4.78, 5) is 16.3. The highest BCUT2D eigenvalue weighted by molar-refractivity contribution is 6.07. The van der Waals surface area contributed by atoms with Crippen LogP contribution in [-0.4, -0.2) is 17.9 Å². The number of aryl methyl sites for hydroxylation is 1. The molecule has 0 aliphatic rings. The van der Waals surface area contributed by atoms with E-state index in [0.717, 1.165) is 17.8 Å². The maximum atomic E-state index is 12.3. The zero-order chi connectivity index (χ0) is 15.1. The fourth-order valence-electron chi connectivity index (χ4n) is 2.13. The first-order valence-electron chi connectivity index (χ1n) is 7.26. The van der Waals surface area contributed by atoms with Crippen molar-refractivity contribution in [3.63, 3.8) is 0 Å². The summed E-state index contributed by atoms with van der Waals surface area (Å²) in [5.41, 5.74) is 3.41. The molecule has 0 bridgehead atoms. The monoisotopic (exact) mass is 283 g/mol. The second kappa shape index (κ2) is 7.43. The number of nitrogens with zero attached hydrogens (tertiary/aromatic N) is 1. The van der Waals surface area contributed by atoms with Crippen molar-refractivity contribution in [3.8, 4) is 0 Å². The molecule has 1 aromatic carbocycles. The molecule has 0 aliphatic carbocycles. The van der Waals surface area contributed by atoms with Gasteiger partial charge < -0.3 is 10.6 Å². The lowest BCUT2D eigenvalue weighted by molar-refractivity contribution is 0.102. The molecule has 4 nitrogen and oxygen atoms in total. The molecule has 21 heavy (non-hydrogen) atoms. The number of hydrogen-bond acceptors (Lipinski definition) is 3. The van der Waals surface area contributed by atoms with Crippen molar-refractivity contribution in [3.05, 3.63) is 53.9 Å². The molecule has 1 heterocycles. The van der Waals surface area contributed by atoms with E-state index >= 15 is 0 Å². The second-order valence-electron chi connectivity index (χ2n) is 4.93. The molecule has 0 aliphatic heterocycles. The highest BCUT2D eigenvalue weighted by Gasteiger charge is 2.10. The van der Waals surface area contributed by atoms with E-state index in [1.807, 2.05) is 12.1 Å². The van der Waals surface area contributed by atoms with Gasteiger partial charge in [-0.3, -0.25) is 9.78 Å². The summed E-state index contributed by atoms with van der Waals surface area (Å²) in [5, 5.41) is 5.88. The molecule has 2 N–H and O–H groups in total. The molecular weight excluding hydrogens is 262 g/mol. The van der Waals surface area contributed by atoms with Gasteiger partial charge in [0, 0.05) is 18.9 Å². The predicted octanol–water partition coefficient (Wildman–Crippen LogP) is 3.72. The summed E-state index contributed by atoms with van der Waals surface area (Å²) >= 11 is 0. The first-order valence-corrected chi connectivity index (χ1v) is 7.26. The van der Waals surface area contributed by atoms with Gasteiger partial charge in [-0.1, -0.05) is 25.5 Å². The van der Waals surface area contributed by atoms with Crippen LogP contribution < -0.4 is 10.6 Å². The highest BCUT2D eigenvalue weighted by atomic mass is 16.1. The van der Waals surface area contributed by atoms with Crippen molar-refractivity contribution in [2.24, 2.45) is 0 Å². The number of carbonyl (C=O) groups is 1. The van der Waals surface area contributed by atoms with Gasteiger partial charge in [0.25, 0.3) is 5.91 Å². The van der Waals surface area contributed by atoms with Gasteiger partial charge in [0.05, 0.1) is 17.4 Å². The lowest BCUT2D eigenvalue weighted by Crippen LogP contribution is -2.14. The summed E-state index contributed by atoms with van der Waals surface area (Å²) in [6, 6.07) is 9.73. The van der Waals surface area contributed by atoms with Gasteiger partial charge in [-0.2, -0.15) is 0 Å². The number of rotatable bonds is 6. The van der Waals surface area contributed by atoms with E-state index in [0.29, 0.717) is 5.56 Å². The van der Waals surface area contributed by atoms with Crippen LogP contribution in [0.5, 0.6) is 0 Å². The quantitative estimate of drug-likeness (QED) is 0.849. The molecule has 1 aromatic heterocycles. The number of pyridine rings is 1. The van der Waals surface area contributed by atoms with E-state index < -0.39 is 0 Å². The van der Waals surface area contributed by atoms with Crippen LogP contribution in [0.2, 0.25) is 0 Å². The first kappa shape index (κ1) is 15.0. The Morgan fingerprint density at radius 2 is 1.95 bits per heavy atom. The summed E-state index contributed by atoms with van der Waals surface area (Å²) in [6.45, 7) is 2.18. The van der Waals surface area contributed by atoms with Gasteiger partial charge in [-0.25, -0.2) is 0 Å². The number of nitrogens with one attached hydrogen (secondary N) is 2. The fourth-order valence-corrected chi connectivity index (χ4v) is 2.13. The van der Waals surface area contributed by atoms with Crippen LogP contribution in [0, 0.1) is 0 Å². The van der Waals surface area contributed by atoms with Gasteiger partial charge in [0.1, 0.15) is 0 Å². The van der Waals surface area contributed by atoms with Crippen molar-refractivity contribution in [2.75, 3.05) is 17.7 Å². The smallest absolute Gasteiger partial charge is 0.257 e. The molecular formula is C17H21N3O. The molecule has 0 radical (unpaired) electrons. The third-order valence-electron chi connectivity index (χ3n) is 3.37. The van der Waals surface area contributed by atoms with Crippen molar-refractivity contribution in [1.29, 1.82) is 0 Å². The Kier molecular flexibility index (Phi) is 5.32. The molecule has 0 fully saturated rings. The third kappa shape index (κ3) is 4.05. The average molecular weight is 283 g/mol. The Labute approximate surface area is 125 Å². The molecule has 0 spiro atoms. The van der Waals surface area contributed by atoms with E-state index in [1.165, 1.54) is 18.4 Å². The number of aromatic nitrogens is 1. The van der Waals surface area contributed by atoms with Crippen LogP contribution in [-0.2, 0) is 6.42 Å². The van der Waals surface area contributed by atoms with Gasteiger partial charge in [-0.05, 0) is 36.6 Å². The topological polar surface area (TPSA) is 54.0 Å². The van der Waals surface area contributed by atoms with Gasteiger partial charge >= 0.3 is 0 Å². The Morgan fingerprint density at radius 1 is 1.19 bits per heavy atom. The first-order chi connectivity index (χ1) is 10.2. The minimum Gasteiger partial charge on any atom is -0.386 e. The standard InChI is InChI=1S/C17H21N3O/c1-3-4-5-13-6-8-14(9-7-13)20-17(21)15-10-11-19-12-16(15)18-2/h6-12,18H,3-5H2,1-2H3,(H,20,21). The largest absolute Gasteiger partial charge is 0.386 e. The summed E-state index contributed by atoms with van der Waals surface area (Å²) in [6.07, 6.45) is 6.72. The Hall–Kier alpha value is -2.36. The SMILES string of the molecule is CCCCc1ccc(NC(=O)c2ccncc2NC)cc1. The highest BCUT2D eigenvalue weighted by Crippen LogP contribution is 2.16. The molecule has 4 heteroatoms. The van der Waals surface area contributed by atoms with E-state index in [2.05, 4.69) is 34.7 Å². The maximum Gasteiger partial charge on any atom is 0.257 e. The average Bonchev–Trinajstić information content (AvgIpc) is 2.54. The Bertz CT molecular complexity index is 593. The molecule has 110 valence electrons. The second-order valence-corrected chi connectivity index (χ2v) is 4.93. The molecule has 0 saturated heterocycles. The molecule has 1 amide bonds. The fraction of sp³-hybridized carbons (Fsp3) is 0.294. The molecule has 0 atom stereocenters. The van der Waals surface area contributed by atoms with Crippen LogP contribution in [0.4, 0.5) is 11.4 Å². The number of benzene rings is 1. The predicted molar refractivity (Wildman–Crippen MR) is 86.8 cm³/mol. The maximum absolute atomic E-state index is 12.3. The molecule has 2 aromatic rings. The Balaban J connectivity index is 2.05. The summed E-state index contributed by atoms with van der Waals surface area (Å²) in [5.74, 6) is -0.136. The van der Waals surface area contributed by atoms with Crippen molar-refractivity contribution < 1.29 is 4.79 Å². The van der Waals surface area contributed by atoms with Crippen molar-refractivity contribution in [2.45, 2.75) is 26.2 Å². The van der Waals surface area contributed by atoms with Crippen LogP contribution in [0.15, 0.2) is 42.7 Å². The lowest BCUT2D eigenvalue weighted by atomic mass is 10.1. The van der Waals surface area contributed by atoms with Crippen LogP contribution in [0.1, 0.15) is 35.7 Å². The molecule has 0 saturated carbocycles. The van der Waals surface area contributed by atoms with Gasteiger partial charge in [-0.15, -0.1) is 0 Å². The van der Waals surface area contributed by atoms with E-state index in [4.69, 9.17) is 0 Å². The summed E-state index contributed by atoms with van der Waals surface area (Å²) in [7, 11) is 1.77. The van der Waals surface area contributed by atoms with Crippen LogP contribution >= 0.6 is 0 Å². The normalized spacial score (nSPS) is 10.2. The zero-order valence-corrected chi connectivity index (χ0v) is 12.5. The van der Waals surface area contributed by atoms with E-state index in [-0.39, 0.29) is 5.91 Å². The van der Waals surface area contributed by atoms with Gasteiger partial charge in [0.15, 0.2) is 0 Å². The molecule has 2 rings (SSSR count). The minimum atomic E-state index is -0.136. The Morgan fingerprint density at radius 3 is 2.62 bits per heavy atom. The minimum absolute atomic E-state index is 0.136. The van der Waals surface area contributed by atoms with Crippen molar-refractivity contribution in [1.82, 2.24) is 4.98 Å². The zero-order valence-electron chi connectivity index (χ0n) is 12.5. The number of unbranched alkanes of at least 4 members (excludes halogenated alkanes) is 1. The summed E-state index contributed by atoms with van der Waals surface area (Å²) < 4.78 is 0. The third-order valence-corrected chi connectivity index (χ3v) is 3.37. The van der Waals surface area contributed by atoms with E-state index in [1.54, 1.807) is 25.5 Å². The van der Waals surface area contributed by atoms with Crippen molar-refractivity contribution >= 4 is 17.3 Å². The van der Waals surface area contributed by atoms with Crippen LogP contribution in [0.3, 0.4) is 0 Å². The number of hydrogen-bond donors (Lipinski definition) is 2. The number of anilines is 2. The molecule has 0 unspecified atom stereocenters. The van der Waals surface area contributed by atoms with Gasteiger partial charge in [0.2, 0.25) is 0 Å². The number of amides is 1. The van der Waals surface area contributed by atoms with Crippen LogP contribution in [0.25, 0.3) is 0 Å². The van der Waals surface area contributed by atoms with E-state index in [9.17, 15) is 4.79 Å².